The lowest BCUT2D eigenvalue weighted by Crippen LogP contribution is -2.32. The molecule has 6 heteroatoms. The Bertz CT molecular complexity index is 617. The van der Waals surface area contributed by atoms with Gasteiger partial charge in [0.25, 0.3) is 5.56 Å². The molecule has 1 aromatic rings. The average Bonchev–Trinajstić information content (AvgIpc) is 2.26. The van der Waals surface area contributed by atoms with Gasteiger partial charge in [0, 0.05) is 10.4 Å². The lowest BCUT2D eigenvalue weighted by molar-refractivity contribution is 0.0523. The second-order valence-corrected chi connectivity index (χ2v) is 6.43. The van der Waals surface area contributed by atoms with Crippen LogP contribution in [0.1, 0.15) is 38.1 Å². The summed E-state index contributed by atoms with van der Waals surface area (Å²) in [5.41, 5.74) is 0.376. The zero-order valence-corrected chi connectivity index (χ0v) is 12.2. The summed E-state index contributed by atoms with van der Waals surface area (Å²) in [7, 11) is 0. The Morgan fingerprint density at radius 1 is 1.53 bits per heavy atom. The number of fused-ring (bicyclic) bond motifs is 1. The Balaban J connectivity index is 2.56. The van der Waals surface area contributed by atoms with Crippen molar-refractivity contribution in [2.24, 2.45) is 0 Å². The zero-order chi connectivity index (χ0) is 14.2. The first kappa shape index (κ1) is 13.9. The molecule has 0 spiro atoms. The number of aromatic nitrogens is 2. The number of ether oxygens (including phenoxy) is 1. The summed E-state index contributed by atoms with van der Waals surface area (Å²) >= 11 is 1.49. The van der Waals surface area contributed by atoms with E-state index in [1.807, 2.05) is 13.0 Å². The van der Waals surface area contributed by atoms with Crippen LogP contribution < -0.4 is 5.56 Å². The molecule has 0 fully saturated rings. The van der Waals surface area contributed by atoms with E-state index < -0.39 is 5.97 Å². The Kier molecular flexibility index (Phi) is 3.54. The number of allylic oxidation sites excluding steroid dienone is 1. The lowest BCUT2D eigenvalue weighted by atomic mass is 10.1. The monoisotopic (exact) mass is 280 g/mol. The molecule has 0 aliphatic carbocycles. The summed E-state index contributed by atoms with van der Waals surface area (Å²) in [6, 6.07) is 0. The number of carbonyl (C=O) groups is 1. The first-order valence-corrected chi connectivity index (χ1v) is 6.85. The molecule has 1 aliphatic rings. The third kappa shape index (κ3) is 2.58. The van der Waals surface area contributed by atoms with Crippen LogP contribution in [0.25, 0.3) is 5.70 Å². The average molecular weight is 280 g/mol. The molecule has 0 unspecified atom stereocenters. The van der Waals surface area contributed by atoms with Crippen molar-refractivity contribution in [2.75, 3.05) is 6.61 Å². The summed E-state index contributed by atoms with van der Waals surface area (Å²) in [5.74, 6) is -0.627. The second-order valence-electron chi connectivity index (χ2n) is 4.81. The minimum absolute atomic E-state index is 0.0290. The van der Waals surface area contributed by atoms with Crippen LogP contribution >= 0.6 is 11.8 Å². The first-order valence-electron chi connectivity index (χ1n) is 6.04. The quantitative estimate of drug-likeness (QED) is 0.613. The minimum Gasteiger partial charge on any atom is -0.462 e. The van der Waals surface area contributed by atoms with Gasteiger partial charge in [0.1, 0.15) is 5.56 Å². The van der Waals surface area contributed by atoms with Crippen LogP contribution in [0.4, 0.5) is 0 Å². The van der Waals surface area contributed by atoms with E-state index in [-0.39, 0.29) is 22.5 Å². The van der Waals surface area contributed by atoms with Gasteiger partial charge in [-0.1, -0.05) is 11.8 Å². The summed E-state index contributed by atoms with van der Waals surface area (Å²) in [5, 5.41) is 0.600. The van der Waals surface area contributed by atoms with Crippen LogP contribution in [0.5, 0.6) is 0 Å². The summed E-state index contributed by atoms with van der Waals surface area (Å²) in [6.07, 6.45) is 3.29. The van der Waals surface area contributed by atoms with Gasteiger partial charge in [-0.25, -0.2) is 9.78 Å². The van der Waals surface area contributed by atoms with Crippen molar-refractivity contribution in [1.29, 1.82) is 0 Å². The third-order valence-electron chi connectivity index (χ3n) is 2.69. The Hall–Kier alpha value is -1.56. The molecule has 5 nitrogen and oxygen atoms in total. The van der Waals surface area contributed by atoms with Crippen molar-refractivity contribution in [3.05, 3.63) is 28.2 Å². The molecule has 0 N–H and O–H groups in total. The largest absolute Gasteiger partial charge is 0.462 e. The lowest BCUT2D eigenvalue weighted by Gasteiger charge is -2.27. The second kappa shape index (κ2) is 4.85. The van der Waals surface area contributed by atoms with E-state index in [4.69, 9.17) is 4.74 Å². The Labute approximate surface area is 115 Å². The molecule has 0 amide bonds. The zero-order valence-electron chi connectivity index (χ0n) is 11.4. The number of nitrogens with zero attached hydrogens (tertiary/aromatic N) is 2. The number of rotatable bonds is 2. The van der Waals surface area contributed by atoms with Gasteiger partial charge in [0.15, 0.2) is 5.16 Å². The highest BCUT2D eigenvalue weighted by Crippen LogP contribution is 2.37. The molecule has 102 valence electrons. The number of esters is 1. The van der Waals surface area contributed by atoms with Gasteiger partial charge >= 0.3 is 5.97 Å². The highest BCUT2D eigenvalue weighted by Gasteiger charge is 2.28. The van der Waals surface area contributed by atoms with E-state index in [0.717, 1.165) is 5.70 Å². The van der Waals surface area contributed by atoms with Crippen molar-refractivity contribution < 1.29 is 9.53 Å². The van der Waals surface area contributed by atoms with Gasteiger partial charge < -0.3 is 4.74 Å². The van der Waals surface area contributed by atoms with Crippen molar-refractivity contribution in [2.45, 2.75) is 37.6 Å². The predicted octanol–water partition coefficient (Wildman–Crippen LogP) is 2.17. The van der Waals surface area contributed by atoms with E-state index in [1.165, 1.54) is 22.5 Å². The van der Waals surface area contributed by atoms with Crippen molar-refractivity contribution >= 4 is 23.4 Å². The molecule has 0 bridgehead atoms. The van der Waals surface area contributed by atoms with E-state index in [9.17, 15) is 9.59 Å². The smallest absolute Gasteiger partial charge is 0.345 e. The standard InChI is InChI=1S/C13H16N2O3S/c1-5-18-11(17)9-7-14-12-15(10(9)16)8(2)6-13(3,4)19-12/h6-7H,5H2,1-4H3. The van der Waals surface area contributed by atoms with Crippen LogP contribution in [0.3, 0.4) is 0 Å². The van der Waals surface area contributed by atoms with E-state index in [2.05, 4.69) is 18.8 Å². The van der Waals surface area contributed by atoms with Crippen LogP contribution in [0.15, 0.2) is 22.2 Å². The molecule has 0 saturated heterocycles. The van der Waals surface area contributed by atoms with Gasteiger partial charge in [-0.3, -0.25) is 9.36 Å². The molecule has 0 aromatic carbocycles. The van der Waals surface area contributed by atoms with Gasteiger partial charge in [0.2, 0.25) is 0 Å². The fourth-order valence-electron chi connectivity index (χ4n) is 2.00. The summed E-state index contributed by atoms with van der Waals surface area (Å²) < 4.78 is 6.20. The highest BCUT2D eigenvalue weighted by atomic mass is 32.2. The number of thioether (sulfide) groups is 1. The van der Waals surface area contributed by atoms with Crippen molar-refractivity contribution in [3.63, 3.8) is 0 Å². The van der Waals surface area contributed by atoms with Crippen LogP contribution in [-0.2, 0) is 4.74 Å². The normalized spacial score (nSPS) is 16.5. The molecule has 19 heavy (non-hydrogen) atoms. The maximum Gasteiger partial charge on any atom is 0.345 e. The van der Waals surface area contributed by atoms with Crippen molar-refractivity contribution in [1.82, 2.24) is 9.55 Å². The van der Waals surface area contributed by atoms with Crippen molar-refractivity contribution in [3.8, 4) is 0 Å². The maximum absolute atomic E-state index is 12.3. The summed E-state index contributed by atoms with van der Waals surface area (Å²) in [6.45, 7) is 7.87. The molecule has 0 atom stereocenters. The van der Waals surface area contributed by atoms with Gasteiger partial charge in [-0.05, 0) is 33.8 Å². The molecule has 1 aliphatic heterocycles. The molecule has 2 rings (SSSR count). The number of hydrogen-bond donors (Lipinski definition) is 0. The molecular formula is C13H16N2O3S. The SMILES string of the molecule is CCOC(=O)c1cnc2n(c1=O)C(C)=CC(C)(C)S2. The molecule has 0 radical (unpaired) electrons. The van der Waals surface area contributed by atoms with Gasteiger partial charge in [-0.15, -0.1) is 0 Å². The first-order chi connectivity index (χ1) is 8.85. The van der Waals surface area contributed by atoms with E-state index in [0.29, 0.717) is 5.16 Å². The van der Waals surface area contributed by atoms with Gasteiger partial charge in [-0.2, -0.15) is 0 Å². The van der Waals surface area contributed by atoms with Crippen LogP contribution in [0, 0.1) is 0 Å². The topological polar surface area (TPSA) is 61.2 Å². The molecule has 0 saturated carbocycles. The summed E-state index contributed by atoms with van der Waals surface area (Å²) in [4.78, 5) is 28.2. The predicted molar refractivity (Wildman–Crippen MR) is 74.3 cm³/mol. The Morgan fingerprint density at radius 2 is 2.21 bits per heavy atom. The minimum atomic E-state index is -0.627. The van der Waals surface area contributed by atoms with Crippen LogP contribution in [0.2, 0.25) is 0 Å². The number of hydrogen-bond acceptors (Lipinski definition) is 5. The molecular weight excluding hydrogens is 264 g/mol. The fraction of sp³-hybridized carbons (Fsp3) is 0.462. The molecule has 1 aromatic heterocycles. The highest BCUT2D eigenvalue weighted by molar-refractivity contribution is 8.00. The fourth-order valence-corrected chi connectivity index (χ4v) is 3.13. The van der Waals surface area contributed by atoms with Crippen LogP contribution in [-0.4, -0.2) is 26.9 Å². The van der Waals surface area contributed by atoms with Gasteiger partial charge in [0.05, 0.1) is 12.8 Å². The Morgan fingerprint density at radius 3 is 2.84 bits per heavy atom. The molecule has 2 heterocycles. The van der Waals surface area contributed by atoms with E-state index >= 15 is 0 Å². The maximum atomic E-state index is 12.3. The van der Waals surface area contributed by atoms with E-state index in [1.54, 1.807) is 6.92 Å². The number of carbonyl (C=O) groups excluding carboxylic acids is 1. The third-order valence-corrected chi connectivity index (χ3v) is 3.80.